The molecule has 0 saturated heterocycles. The monoisotopic (exact) mass is 206 g/mol. The first kappa shape index (κ1) is 11.3. The van der Waals surface area contributed by atoms with Gasteiger partial charge in [-0.1, -0.05) is 30.3 Å². The van der Waals surface area contributed by atoms with Crippen molar-refractivity contribution in [3.63, 3.8) is 0 Å². The molecule has 0 N–H and O–H groups in total. The van der Waals surface area contributed by atoms with Gasteiger partial charge < -0.3 is 9.47 Å². The molecule has 1 aromatic rings. The number of benzene rings is 1. The maximum atomic E-state index is 10.9. The lowest BCUT2D eigenvalue weighted by Crippen LogP contribution is -2.10. The molecule has 0 spiro atoms. The second-order valence-corrected chi connectivity index (χ2v) is 3.25. The second-order valence-electron chi connectivity index (χ2n) is 3.25. The van der Waals surface area contributed by atoms with Crippen LogP contribution >= 0.6 is 0 Å². The molecule has 0 saturated carbocycles. The molecule has 0 heterocycles. The molecular formula is C12H14O3. The van der Waals surface area contributed by atoms with E-state index in [1.807, 2.05) is 30.3 Å². The molecular weight excluding hydrogens is 192 g/mol. The Kier molecular flexibility index (Phi) is 4.41. The van der Waals surface area contributed by atoms with E-state index in [9.17, 15) is 4.79 Å². The summed E-state index contributed by atoms with van der Waals surface area (Å²) >= 11 is 0. The summed E-state index contributed by atoms with van der Waals surface area (Å²) in [6.45, 7) is 3.53. The Morgan fingerprint density at radius 1 is 1.27 bits per heavy atom. The Morgan fingerprint density at radius 2 is 1.93 bits per heavy atom. The van der Waals surface area contributed by atoms with Gasteiger partial charge in [0.15, 0.2) is 0 Å². The average Bonchev–Trinajstić information content (AvgIpc) is 2.18. The lowest BCUT2D eigenvalue weighted by Gasteiger charge is -2.04. The average molecular weight is 206 g/mol. The third-order valence-electron chi connectivity index (χ3n) is 1.56. The van der Waals surface area contributed by atoms with Gasteiger partial charge in [-0.15, -0.1) is 0 Å². The van der Waals surface area contributed by atoms with E-state index >= 15 is 0 Å². The number of carbonyl (C=O) groups excluding carboxylic acids is 1. The summed E-state index contributed by atoms with van der Waals surface area (Å²) in [6, 6.07) is 9.56. The molecule has 0 aromatic heterocycles. The van der Waals surface area contributed by atoms with Crippen LogP contribution in [-0.2, 0) is 9.47 Å². The summed E-state index contributed by atoms with van der Waals surface area (Å²) in [5.74, 6) is 0. The zero-order valence-electron chi connectivity index (χ0n) is 8.84. The fourth-order valence-corrected chi connectivity index (χ4v) is 0.953. The van der Waals surface area contributed by atoms with E-state index in [-0.39, 0.29) is 6.10 Å². The summed E-state index contributed by atoms with van der Waals surface area (Å²) in [7, 11) is 0. The van der Waals surface area contributed by atoms with Crippen molar-refractivity contribution in [2.45, 2.75) is 20.0 Å². The van der Waals surface area contributed by atoms with Crippen molar-refractivity contribution >= 4 is 12.2 Å². The summed E-state index contributed by atoms with van der Waals surface area (Å²) in [5.41, 5.74) is 0.967. The molecule has 15 heavy (non-hydrogen) atoms. The predicted octanol–water partition coefficient (Wildman–Crippen LogP) is 3.22. The minimum atomic E-state index is -0.683. The zero-order valence-corrected chi connectivity index (χ0v) is 8.84. The van der Waals surface area contributed by atoms with Crippen LogP contribution < -0.4 is 0 Å². The fraction of sp³-hybridized carbons (Fsp3) is 0.250. The van der Waals surface area contributed by atoms with Gasteiger partial charge in [-0.25, -0.2) is 4.79 Å². The van der Waals surface area contributed by atoms with Gasteiger partial charge in [0, 0.05) is 0 Å². The van der Waals surface area contributed by atoms with E-state index in [2.05, 4.69) is 0 Å². The van der Waals surface area contributed by atoms with Crippen LogP contribution in [0.15, 0.2) is 36.6 Å². The van der Waals surface area contributed by atoms with Crippen LogP contribution in [0.3, 0.4) is 0 Å². The molecule has 0 radical (unpaired) electrons. The van der Waals surface area contributed by atoms with Gasteiger partial charge >= 0.3 is 6.16 Å². The van der Waals surface area contributed by atoms with Crippen LogP contribution in [0.5, 0.6) is 0 Å². The molecule has 0 fully saturated rings. The standard InChI is InChI=1S/C12H14O3/c1-10(2)15-12(13)14-9-8-11-6-4-3-5-7-11/h3-10H,1-2H3/b9-8+. The van der Waals surface area contributed by atoms with Gasteiger partial charge in [0.2, 0.25) is 0 Å². The first-order chi connectivity index (χ1) is 7.18. The zero-order chi connectivity index (χ0) is 11.1. The Balaban J connectivity index is 2.37. The predicted molar refractivity (Wildman–Crippen MR) is 58.2 cm³/mol. The van der Waals surface area contributed by atoms with Crippen molar-refractivity contribution in [3.8, 4) is 0 Å². The third kappa shape index (κ3) is 4.86. The highest BCUT2D eigenvalue weighted by Gasteiger charge is 2.03. The molecule has 0 unspecified atom stereocenters. The number of hydrogen-bond donors (Lipinski definition) is 0. The molecule has 1 aromatic carbocycles. The van der Waals surface area contributed by atoms with Crippen molar-refractivity contribution in [2.24, 2.45) is 0 Å². The fourth-order valence-electron chi connectivity index (χ4n) is 0.953. The smallest absolute Gasteiger partial charge is 0.431 e. The summed E-state index contributed by atoms with van der Waals surface area (Å²) < 4.78 is 9.49. The molecule has 0 aliphatic rings. The molecule has 3 heteroatoms. The van der Waals surface area contributed by atoms with Gasteiger partial charge in [0.1, 0.15) is 0 Å². The van der Waals surface area contributed by atoms with Crippen LogP contribution in [0.2, 0.25) is 0 Å². The lowest BCUT2D eigenvalue weighted by molar-refractivity contribution is 0.0605. The van der Waals surface area contributed by atoms with Crippen molar-refractivity contribution < 1.29 is 14.3 Å². The molecule has 0 atom stereocenters. The van der Waals surface area contributed by atoms with E-state index in [0.29, 0.717) is 0 Å². The molecule has 1 rings (SSSR count). The SMILES string of the molecule is CC(C)OC(=O)O/C=C/c1ccccc1. The number of ether oxygens (including phenoxy) is 2. The molecule has 0 aliphatic carbocycles. The molecule has 80 valence electrons. The summed E-state index contributed by atoms with van der Waals surface area (Å²) in [6.07, 6.45) is 2.17. The number of hydrogen-bond acceptors (Lipinski definition) is 3. The number of rotatable bonds is 3. The molecule has 0 bridgehead atoms. The van der Waals surface area contributed by atoms with Crippen LogP contribution in [0.4, 0.5) is 4.79 Å². The van der Waals surface area contributed by atoms with E-state index in [4.69, 9.17) is 9.47 Å². The first-order valence-electron chi connectivity index (χ1n) is 4.77. The quantitative estimate of drug-likeness (QED) is 0.562. The largest absolute Gasteiger partial charge is 0.513 e. The molecule has 3 nitrogen and oxygen atoms in total. The van der Waals surface area contributed by atoms with Crippen molar-refractivity contribution in [1.29, 1.82) is 0 Å². The maximum Gasteiger partial charge on any atom is 0.513 e. The van der Waals surface area contributed by atoms with Crippen molar-refractivity contribution in [3.05, 3.63) is 42.2 Å². The van der Waals surface area contributed by atoms with Gasteiger partial charge in [-0.2, -0.15) is 0 Å². The van der Waals surface area contributed by atoms with E-state index in [1.165, 1.54) is 6.26 Å². The van der Waals surface area contributed by atoms with Crippen LogP contribution in [-0.4, -0.2) is 12.3 Å². The highest BCUT2D eigenvalue weighted by atomic mass is 16.7. The lowest BCUT2D eigenvalue weighted by atomic mass is 10.2. The van der Waals surface area contributed by atoms with E-state index in [0.717, 1.165) is 5.56 Å². The van der Waals surface area contributed by atoms with E-state index in [1.54, 1.807) is 19.9 Å². The Bertz CT molecular complexity index is 328. The second kappa shape index (κ2) is 5.86. The Morgan fingerprint density at radius 3 is 2.53 bits per heavy atom. The van der Waals surface area contributed by atoms with Crippen LogP contribution in [0.1, 0.15) is 19.4 Å². The van der Waals surface area contributed by atoms with Crippen molar-refractivity contribution in [1.82, 2.24) is 0 Å². The molecule has 0 amide bonds. The van der Waals surface area contributed by atoms with Gasteiger partial charge in [0.25, 0.3) is 0 Å². The number of carbonyl (C=O) groups is 1. The Labute approximate surface area is 89.3 Å². The minimum absolute atomic E-state index is 0.164. The topological polar surface area (TPSA) is 35.5 Å². The third-order valence-corrected chi connectivity index (χ3v) is 1.56. The van der Waals surface area contributed by atoms with Crippen LogP contribution in [0, 0.1) is 0 Å². The van der Waals surface area contributed by atoms with Gasteiger partial charge in [-0.05, 0) is 25.5 Å². The van der Waals surface area contributed by atoms with Crippen LogP contribution in [0.25, 0.3) is 6.08 Å². The van der Waals surface area contributed by atoms with Gasteiger partial charge in [0.05, 0.1) is 12.4 Å². The minimum Gasteiger partial charge on any atom is -0.431 e. The molecule has 0 aliphatic heterocycles. The first-order valence-corrected chi connectivity index (χ1v) is 4.77. The Hall–Kier alpha value is -1.77. The summed E-state index contributed by atoms with van der Waals surface area (Å²) in [4.78, 5) is 10.9. The van der Waals surface area contributed by atoms with E-state index < -0.39 is 6.16 Å². The van der Waals surface area contributed by atoms with Crippen molar-refractivity contribution in [2.75, 3.05) is 0 Å². The highest BCUT2D eigenvalue weighted by molar-refractivity contribution is 5.62. The summed E-state index contributed by atoms with van der Waals surface area (Å²) in [5, 5.41) is 0. The highest BCUT2D eigenvalue weighted by Crippen LogP contribution is 2.01. The maximum absolute atomic E-state index is 10.9. The van der Waals surface area contributed by atoms with Gasteiger partial charge in [-0.3, -0.25) is 0 Å². The normalized spacial score (nSPS) is 10.6.